The molecule has 1 amide bonds. The fraction of sp³-hybridized carbons (Fsp3) is 0.167. The van der Waals surface area contributed by atoms with E-state index in [0.717, 1.165) is 22.4 Å². The highest BCUT2D eigenvalue weighted by atomic mass is 16.4. The summed E-state index contributed by atoms with van der Waals surface area (Å²) in [5.41, 5.74) is 2.46. The molecule has 1 aliphatic rings. The molecule has 4 rings (SSSR count). The van der Waals surface area contributed by atoms with Gasteiger partial charge in [0.15, 0.2) is 0 Å². The summed E-state index contributed by atoms with van der Waals surface area (Å²) in [6.07, 6.45) is 0. The number of hydrogen-bond donors (Lipinski definition) is 1. The lowest BCUT2D eigenvalue weighted by Crippen LogP contribution is -2.35. The molecule has 1 aromatic heterocycles. The van der Waals surface area contributed by atoms with E-state index in [2.05, 4.69) is 15.3 Å². The predicted octanol–water partition coefficient (Wildman–Crippen LogP) is 3.04. The lowest BCUT2D eigenvalue weighted by molar-refractivity contribution is -0.115. The molecule has 0 radical (unpaired) electrons. The number of aryl methyl sites for hydroxylation is 1. The van der Waals surface area contributed by atoms with Gasteiger partial charge in [0.2, 0.25) is 5.91 Å². The molecule has 1 N–H and O–H groups in total. The second kappa shape index (κ2) is 5.49. The van der Waals surface area contributed by atoms with Crippen molar-refractivity contribution < 1.29 is 9.53 Å². The molecule has 1 aliphatic heterocycles. The fourth-order valence-electron chi connectivity index (χ4n) is 2.96. The summed E-state index contributed by atoms with van der Waals surface area (Å²) in [4.78, 5) is 23.2. The van der Waals surface area contributed by atoms with Gasteiger partial charge in [0.25, 0.3) is 0 Å². The zero-order valence-corrected chi connectivity index (χ0v) is 13.4. The summed E-state index contributed by atoms with van der Waals surface area (Å²) in [6, 6.07) is 13.4. The zero-order chi connectivity index (χ0) is 16.7. The smallest absolute Gasteiger partial charge is 0.244 e. The van der Waals surface area contributed by atoms with Crippen molar-refractivity contribution in [3.05, 3.63) is 48.3 Å². The summed E-state index contributed by atoms with van der Waals surface area (Å²) in [5.74, 6) is 2.01. The summed E-state index contributed by atoms with van der Waals surface area (Å²) in [6.45, 7) is 2.06. The molecule has 0 saturated heterocycles. The summed E-state index contributed by atoms with van der Waals surface area (Å²) in [5, 5.41) is 3.81. The van der Waals surface area contributed by atoms with Gasteiger partial charge >= 0.3 is 0 Å². The van der Waals surface area contributed by atoms with Crippen molar-refractivity contribution in [1.29, 1.82) is 0 Å². The van der Waals surface area contributed by atoms with Gasteiger partial charge in [-0.1, -0.05) is 12.1 Å². The van der Waals surface area contributed by atoms with E-state index in [1.54, 1.807) is 7.11 Å². The monoisotopic (exact) mass is 319 g/mol. The van der Waals surface area contributed by atoms with E-state index in [0.29, 0.717) is 17.3 Å². The number of fused-ring (bicyclic) bond motifs is 2. The summed E-state index contributed by atoms with van der Waals surface area (Å²) in [7, 11) is 1.60. The molecule has 3 aromatic rings. The average molecular weight is 319 g/mol. The summed E-state index contributed by atoms with van der Waals surface area (Å²) >= 11 is 0. The first kappa shape index (κ1) is 14.4. The van der Waals surface area contributed by atoms with E-state index in [1.165, 1.54) is 0 Å². The van der Waals surface area contributed by atoms with E-state index < -0.39 is 0 Å². The third kappa shape index (κ3) is 2.32. The Morgan fingerprint density at radius 3 is 2.83 bits per heavy atom. The number of benzene rings is 2. The lowest BCUT2D eigenvalue weighted by Gasteiger charge is -2.31. The van der Waals surface area contributed by atoms with Gasteiger partial charge in [-0.15, -0.1) is 0 Å². The molecule has 6 heteroatoms. The average Bonchev–Trinajstić information content (AvgIpc) is 2.59. The number of amides is 1. The number of nitrogens with one attached hydrogen (secondary N) is 1. The minimum Gasteiger partial charge on any atom is -0.497 e. The highest BCUT2D eigenvalue weighted by Crippen LogP contribution is 2.38. The number of methoxy groups -OCH3 is 1. The number of ether oxygens (including phenoxy) is 1. The van der Waals surface area contributed by atoms with Crippen molar-refractivity contribution in [3.8, 4) is 5.75 Å². The van der Waals surface area contributed by atoms with Crippen LogP contribution >= 0.6 is 0 Å². The number of rotatable bonds is 2. The van der Waals surface area contributed by atoms with Crippen molar-refractivity contribution in [2.75, 3.05) is 23.9 Å². The van der Waals surface area contributed by atoms with Crippen LogP contribution < -0.4 is 15.0 Å². The van der Waals surface area contributed by atoms with Gasteiger partial charge in [-0.25, -0.2) is 9.97 Å². The van der Waals surface area contributed by atoms with Crippen molar-refractivity contribution in [2.24, 2.45) is 0 Å². The van der Waals surface area contributed by atoms with Crippen LogP contribution in [-0.2, 0) is 4.79 Å². The van der Waals surface area contributed by atoms with E-state index in [4.69, 9.17) is 4.74 Å². The topological polar surface area (TPSA) is 67.4 Å². The largest absolute Gasteiger partial charge is 0.497 e. The fourth-order valence-corrected chi connectivity index (χ4v) is 2.96. The highest BCUT2D eigenvalue weighted by molar-refractivity contribution is 6.05. The van der Waals surface area contributed by atoms with Crippen LogP contribution in [0.5, 0.6) is 5.75 Å². The van der Waals surface area contributed by atoms with Crippen LogP contribution in [0.15, 0.2) is 42.5 Å². The van der Waals surface area contributed by atoms with E-state index >= 15 is 0 Å². The first-order valence-electron chi connectivity index (χ1n) is 7.64. The molecular weight excluding hydrogens is 303 g/mol. The molecule has 2 heterocycles. The molecule has 0 saturated carbocycles. The minimum absolute atomic E-state index is 0.0869. The number of para-hydroxylation sites is 1. The van der Waals surface area contributed by atoms with Gasteiger partial charge in [0.1, 0.15) is 23.9 Å². The molecule has 6 nitrogen and oxygen atoms in total. The quantitative estimate of drug-likeness (QED) is 0.786. The van der Waals surface area contributed by atoms with Crippen molar-refractivity contribution in [3.63, 3.8) is 0 Å². The molecule has 0 aliphatic carbocycles. The molecule has 24 heavy (non-hydrogen) atoms. The van der Waals surface area contributed by atoms with Crippen LogP contribution in [0.3, 0.4) is 0 Å². The number of hydrogen-bond acceptors (Lipinski definition) is 5. The molecule has 0 spiro atoms. The number of carbonyl (C=O) groups excluding carboxylic acids is 1. The van der Waals surface area contributed by atoms with Crippen LogP contribution in [0.4, 0.5) is 17.2 Å². The van der Waals surface area contributed by atoms with Gasteiger partial charge in [0, 0.05) is 11.5 Å². The SMILES string of the molecule is Cc1nc(N2CC(=O)Nc3cc(O[11CH3])ccc32)c2ccccc2n1. The lowest BCUT2D eigenvalue weighted by atomic mass is 10.1. The first-order valence-corrected chi connectivity index (χ1v) is 7.64. The molecule has 0 fully saturated rings. The molecule has 0 bridgehead atoms. The number of carbonyl (C=O) groups is 1. The van der Waals surface area contributed by atoms with Crippen LogP contribution in [0.2, 0.25) is 0 Å². The molecule has 0 unspecified atom stereocenters. The Balaban J connectivity index is 1.94. The molecular formula is C18H16N4O2. The standard InChI is InChI=1S/C18H16N4O2/c1-11-19-14-6-4-3-5-13(14)18(20-11)22-10-17(23)21-15-9-12(24-2)7-8-16(15)22/h3-9H,10H2,1-2H3,(H,21,23)/i2-1. The number of aromatic nitrogens is 2. The Kier molecular flexibility index (Phi) is 3.30. The maximum atomic E-state index is 12.2. The zero-order valence-electron chi connectivity index (χ0n) is 13.4. The normalized spacial score (nSPS) is 13.6. The van der Waals surface area contributed by atoms with Crippen molar-refractivity contribution >= 4 is 34.0 Å². The third-order valence-corrected chi connectivity index (χ3v) is 4.02. The molecule has 120 valence electrons. The maximum absolute atomic E-state index is 12.2. The Morgan fingerprint density at radius 2 is 2.00 bits per heavy atom. The van der Waals surface area contributed by atoms with Gasteiger partial charge < -0.3 is 15.0 Å². The Labute approximate surface area is 139 Å². The maximum Gasteiger partial charge on any atom is 0.244 e. The molecule has 2 aromatic carbocycles. The Morgan fingerprint density at radius 1 is 1.17 bits per heavy atom. The summed E-state index contributed by atoms with van der Waals surface area (Å²) < 4.78 is 5.25. The first-order chi connectivity index (χ1) is 11.7. The highest BCUT2D eigenvalue weighted by Gasteiger charge is 2.26. The van der Waals surface area contributed by atoms with Crippen molar-refractivity contribution in [2.45, 2.75) is 6.92 Å². The molecule has 0 atom stereocenters. The van der Waals surface area contributed by atoms with Crippen LogP contribution in [0.25, 0.3) is 10.9 Å². The number of nitrogens with zero attached hydrogens (tertiary/aromatic N) is 3. The van der Waals surface area contributed by atoms with Crippen molar-refractivity contribution in [1.82, 2.24) is 9.97 Å². The van der Waals surface area contributed by atoms with Gasteiger partial charge in [-0.3, -0.25) is 4.79 Å². The Bertz CT molecular complexity index is 955. The van der Waals surface area contributed by atoms with Crippen LogP contribution in [0, 0.1) is 6.92 Å². The second-order valence-corrected chi connectivity index (χ2v) is 5.63. The minimum atomic E-state index is -0.0869. The van der Waals surface area contributed by atoms with Gasteiger partial charge in [-0.2, -0.15) is 0 Å². The second-order valence-electron chi connectivity index (χ2n) is 5.63. The number of anilines is 3. The van der Waals surface area contributed by atoms with E-state index in [9.17, 15) is 4.79 Å². The Hall–Kier alpha value is -3.15. The third-order valence-electron chi connectivity index (χ3n) is 4.02. The predicted molar refractivity (Wildman–Crippen MR) is 92.9 cm³/mol. The van der Waals surface area contributed by atoms with E-state index in [-0.39, 0.29) is 12.5 Å². The van der Waals surface area contributed by atoms with Crippen LogP contribution in [0.1, 0.15) is 5.82 Å². The van der Waals surface area contributed by atoms with E-state index in [1.807, 2.05) is 54.3 Å². The van der Waals surface area contributed by atoms with Gasteiger partial charge in [-0.05, 0) is 31.2 Å². The van der Waals surface area contributed by atoms with Gasteiger partial charge in [0.05, 0.1) is 24.0 Å². The van der Waals surface area contributed by atoms with Crippen LogP contribution in [-0.4, -0.2) is 29.5 Å².